The number of amides is 1. The second-order valence-electron chi connectivity index (χ2n) is 6.19. The third-order valence-corrected chi connectivity index (χ3v) is 4.74. The molecule has 2 aliphatic rings. The third kappa shape index (κ3) is 2.57. The van der Waals surface area contributed by atoms with E-state index in [9.17, 15) is 37.8 Å². The number of rotatable bonds is 4. The van der Waals surface area contributed by atoms with Gasteiger partial charge in [-0.3, -0.25) is 14.4 Å². The summed E-state index contributed by atoms with van der Waals surface area (Å²) in [5, 5.41) is 18.6. The van der Waals surface area contributed by atoms with Crippen molar-refractivity contribution >= 4 is 17.8 Å². The summed E-state index contributed by atoms with van der Waals surface area (Å²) in [6.07, 6.45) is -5.00. The molecule has 0 unspecified atom stereocenters. The van der Waals surface area contributed by atoms with Crippen molar-refractivity contribution < 1.29 is 42.5 Å². The van der Waals surface area contributed by atoms with E-state index in [1.54, 1.807) is 0 Å². The lowest BCUT2D eigenvalue weighted by atomic mass is 9.97. The first kappa shape index (κ1) is 17.1. The van der Waals surface area contributed by atoms with Crippen molar-refractivity contribution in [3.8, 4) is 5.75 Å². The lowest BCUT2D eigenvalue weighted by molar-refractivity contribution is -0.274. The van der Waals surface area contributed by atoms with Crippen molar-refractivity contribution in [3.63, 3.8) is 0 Å². The van der Waals surface area contributed by atoms with Crippen LogP contribution in [0, 0.1) is 10.8 Å². The second-order valence-corrected chi connectivity index (χ2v) is 6.19. The van der Waals surface area contributed by atoms with E-state index in [-0.39, 0.29) is 25.1 Å². The summed E-state index contributed by atoms with van der Waals surface area (Å²) in [7, 11) is 0. The predicted octanol–water partition coefficient (Wildman–Crippen LogP) is 1.59. The molecule has 1 amide bonds. The maximum atomic E-state index is 12.5. The Morgan fingerprint density at radius 1 is 1.08 bits per heavy atom. The van der Waals surface area contributed by atoms with E-state index in [2.05, 4.69) is 4.74 Å². The summed E-state index contributed by atoms with van der Waals surface area (Å²) < 4.78 is 40.5. The highest BCUT2D eigenvalue weighted by Gasteiger charge is 2.81. The van der Waals surface area contributed by atoms with Crippen LogP contribution in [0.25, 0.3) is 0 Å². The number of nitrogens with zero attached hydrogens (tertiary/aromatic N) is 1. The SMILES string of the molecule is O=C(c1cccc(OC(F)(F)F)c1)N1C[C@@]2(C(=O)O)C[C@@]2(C(=O)O)C1. The molecule has 10 heteroatoms. The molecule has 2 atom stereocenters. The fourth-order valence-electron chi connectivity index (χ4n) is 3.44. The van der Waals surface area contributed by atoms with Crippen molar-refractivity contribution in [2.45, 2.75) is 12.8 Å². The number of ether oxygens (including phenoxy) is 1. The molecule has 25 heavy (non-hydrogen) atoms. The van der Waals surface area contributed by atoms with Gasteiger partial charge < -0.3 is 19.8 Å². The van der Waals surface area contributed by atoms with Crippen LogP contribution in [0.2, 0.25) is 0 Å². The summed E-state index contributed by atoms with van der Waals surface area (Å²) in [5.74, 6) is -3.96. The first-order valence-electron chi connectivity index (χ1n) is 7.13. The maximum Gasteiger partial charge on any atom is 0.573 e. The van der Waals surface area contributed by atoms with Crippen LogP contribution in [0.3, 0.4) is 0 Å². The highest BCUT2D eigenvalue weighted by Crippen LogP contribution is 2.68. The van der Waals surface area contributed by atoms with Crippen molar-refractivity contribution in [3.05, 3.63) is 29.8 Å². The molecule has 2 fully saturated rings. The smallest absolute Gasteiger partial charge is 0.481 e. The summed E-state index contributed by atoms with van der Waals surface area (Å²) in [6.45, 7) is -0.615. The zero-order valence-electron chi connectivity index (χ0n) is 12.5. The average molecular weight is 359 g/mol. The molecule has 7 nitrogen and oxygen atoms in total. The Hall–Kier alpha value is -2.78. The fourth-order valence-corrected chi connectivity index (χ4v) is 3.44. The first-order chi connectivity index (χ1) is 11.5. The van der Waals surface area contributed by atoms with E-state index < -0.39 is 40.8 Å². The third-order valence-electron chi connectivity index (χ3n) is 4.74. The number of halogens is 3. The Bertz CT molecular complexity index is 751. The molecule has 0 bridgehead atoms. The van der Waals surface area contributed by atoms with Crippen LogP contribution >= 0.6 is 0 Å². The second kappa shape index (κ2) is 5.11. The number of carboxylic acid groups (broad SMARTS) is 2. The molecule has 1 aliphatic carbocycles. The topological polar surface area (TPSA) is 104 Å². The van der Waals surface area contributed by atoms with Crippen molar-refractivity contribution in [2.75, 3.05) is 13.1 Å². The van der Waals surface area contributed by atoms with Gasteiger partial charge in [-0.2, -0.15) is 0 Å². The van der Waals surface area contributed by atoms with E-state index in [0.717, 1.165) is 17.0 Å². The van der Waals surface area contributed by atoms with Crippen molar-refractivity contribution in [1.82, 2.24) is 4.90 Å². The number of hydrogen-bond donors (Lipinski definition) is 2. The Morgan fingerprint density at radius 2 is 1.64 bits per heavy atom. The van der Waals surface area contributed by atoms with Crippen LogP contribution in [0.4, 0.5) is 13.2 Å². The van der Waals surface area contributed by atoms with Crippen LogP contribution < -0.4 is 4.74 Å². The minimum atomic E-state index is -4.92. The van der Waals surface area contributed by atoms with Crippen molar-refractivity contribution in [1.29, 1.82) is 0 Å². The van der Waals surface area contributed by atoms with E-state index in [1.165, 1.54) is 12.1 Å². The lowest BCUT2D eigenvalue weighted by Crippen LogP contribution is -2.34. The van der Waals surface area contributed by atoms with E-state index in [1.807, 2.05) is 0 Å². The Balaban J connectivity index is 1.83. The number of benzene rings is 1. The summed E-state index contributed by atoms with van der Waals surface area (Å²) in [5.41, 5.74) is -3.24. The summed E-state index contributed by atoms with van der Waals surface area (Å²) in [4.78, 5) is 36.4. The van der Waals surface area contributed by atoms with Crippen LogP contribution in [0.5, 0.6) is 5.75 Å². The molecule has 1 heterocycles. The number of likely N-dealkylation sites (tertiary alicyclic amines) is 1. The molecule has 1 saturated carbocycles. The highest BCUT2D eigenvalue weighted by molar-refractivity contribution is 6.00. The van der Waals surface area contributed by atoms with Gasteiger partial charge in [0.25, 0.3) is 5.91 Å². The van der Waals surface area contributed by atoms with E-state index >= 15 is 0 Å². The predicted molar refractivity (Wildman–Crippen MR) is 73.8 cm³/mol. The van der Waals surface area contributed by atoms with Gasteiger partial charge in [-0.05, 0) is 24.6 Å². The Kier molecular flexibility index (Phi) is 3.48. The van der Waals surface area contributed by atoms with Crippen LogP contribution in [-0.4, -0.2) is 52.4 Å². The molecule has 0 radical (unpaired) electrons. The van der Waals surface area contributed by atoms with E-state index in [0.29, 0.717) is 0 Å². The molecule has 3 rings (SSSR count). The quantitative estimate of drug-likeness (QED) is 0.846. The van der Waals surface area contributed by atoms with Gasteiger partial charge in [0.15, 0.2) is 0 Å². The number of alkyl halides is 3. The minimum absolute atomic E-state index is 0.0777. The molecule has 1 aromatic carbocycles. The normalized spacial score (nSPS) is 27.6. The van der Waals surface area contributed by atoms with Gasteiger partial charge in [0.05, 0.1) is 0 Å². The number of carbonyl (C=O) groups is 3. The molecule has 1 aromatic rings. The van der Waals surface area contributed by atoms with Gasteiger partial charge >= 0.3 is 18.3 Å². The zero-order valence-corrected chi connectivity index (χ0v) is 12.5. The van der Waals surface area contributed by atoms with Crippen LogP contribution in [-0.2, 0) is 9.59 Å². The maximum absolute atomic E-state index is 12.5. The number of carboxylic acids is 2. The standard InChI is InChI=1S/C15H12F3NO6/c16-15(17,18)25-9-3-1-2-8(4-9)10(20)19-6-13(11(21)22)5-14(13,7-19)12(23)24/h1-4H,5-7H2,(H,21,22)(H,23,24)/t13-,14+. The van der Waals surface area contributed by atoms with Gasteiger partial charge in [-0.1, -0.05) is 6.07 Å². The van der Waals surface area contributed by atoms with Gasteiger partial charge in [0, 0.05) is 18.7 Å². The Labute approximate surface area is 138 Å². The monoisotopic (exact) mass is 359 g/mol. The molecule has 0 aromatic heterocycles. The molecular formula is C15H12F3NO6. The Morgan fingerprint density at radius 3 is 2.12 bits per heavy atom. The summed E-state index contributed by atoms with van der Waals surface area (Å²) >= 11 is 0. The molecule has 134 valence electrons. The van der Waals surface area contributed by atoms with Gasteiger partial charge in [0.1, 0.15) is 16.6 Å². The molecule has 2 N–H and O–H groups in total. The van der Waals surface area contributed by atoms with Gasteiger partial charge in [0.2, 0.25) is 0 Å². The molecular weight excluding hydrogens is 347 g/mol. The molecule has 1 aliphatic heterocycles. The molecule has 1 saturated heterocycles. The number of piperidine rings is 1. The zero-order chi connectivity index (χ0) is 18.6. The lowest BCUT2D eigenvalue weighted by Gasteiger charge is -2.20. The number of fused-ring (bicyclic) bond motifs is 1. The van der Waals surface area contributed by atoms with E-state index in [4.69, 9.17) is 0 Å². The summed E-state index contributed by atoms with van der Waals surface area (Å²) in [6, 6.07) is 4.32. The number of hydrogen-bond acceptors (Lipinski definition) is 4. The molecule has 0 spiro atoms. The van der Waals surface area contributed by atoms with Gasteiger partial charge in [-0.25, -0.2) is 0 Å². The first-order valence-corrected chi connectivity index (χ1v) is 7.13. The fraction of sp³-hybridized carbons (Fsp3) is 0.400. The van der Waals surface area contributed by atoms with Crippen molar-refractivity contribution in [2.24, 2.45) is 10.8 Å². The largest absolute Gasteiger partial charge is 0.573 e. The van der Waals surface area contributed by atoms with Crippen LogP contribution in [0.15, 0.2) is 24.3 Å². The van der Waals surface area contributed by atoms with Crippen LogP contribution in [0.1, 0.15) is 16.8 Å². The average Bonchev–Trinajstić information content (AvgIpc) is 3.04. The highest BCUT2D eigenvalue weighted by atomic mass is 19.4. The minimum Gasteiger partial charge on any atom is -0.481 e. The number of aliphatic carboxylic acids is 2. The number of carbonyl (C=O) groups excluding carboxylic acids is 1. The van der Waals surface area contributed by atoms with Gasteiger partial charge in [-0.15, -0.1) is 13.2 Å².